The average Bonchev–Trinajstić information content (AvgIpc) is 2.70. The van der Waals surface area contributed by atoms with Gasteiger partial charge >= 0.3 is 0 Å². The molecule has 0 bridgehead atoms. The van der Waals surface area contributed by atoms with Gasteiger partial charge in [-0.2, -0.15) is 0 Å². The molecule has 1 amide bonds. The minimum absolute atomic E-state index is 0.189. The monoisotopic (exact) mass is 420 g/mol. The number of anilines is 1. The highest BCUT2D eigenvalue weighted by atomic mass is 32.2. The van der Waals surface area contributed by atoms with Crippen LogP contribution in [0.4, 0.5) is 5.69 Å². The molecule has 0 fully saturated rings. The number of ether oxygens (including phenoxy) is 2. The first-order valence-corrected chi connectivity index (χ1v) is 11.2. The highest BCUT2D eigenvalue weighted by molar-refractivity contribution is 7.92. The van der Waals surface area contributed by atoms with E-state index in [1.165, 1.54) is 4.31 Å². The van der Waals surface area contributed by atoms with Gasteiger partial charge < -0.3 is 14.8 Å². The van der Waals surface area contributed by atoms with Crippen LogP contribution >= 0.6 is 0 Å². The van der Waals surface area contributed by atoms with Crippen molar-refractivity contribution in [2.75, 3.05) is 37.9 Å². The maximum absolute atomic E-state index is 12.3. The second-order valence-corrected chi connectivity index (χ2v) is 8.43. The van der Waals surface area contributed by atoms with Crippen LogP contribution in [0.3, 0.4) is 0 Å². The van der Waals surface area contributed by atoms with Crippen LogP contribution in [0.5, 0.6) is 11.5 Å². The van der Waals surface area contributed by atoms with Gasteiger partial charge in [0.15, 0.2) is 11.5 Å². The van der Waals surface area contributed by atoms with Crippen molar-refractivity contribution in [2.45, 2.75) is 19.8 Å². The molecule has 0 unspecified atom stereocenters. The zero-order valence-corrected chi connectivity index (χ0v) is 18.1. The summed E-state index contributed by atoms with van der Waals surface area (Å²) in [5, 5.41) is 2.89. The third kappa shape index (κ3) is 6.12. The van der Waals surface area contributed by atoms with Crippen LogP contribution in [0.15, 0.2) is 42.5 Å². The van der Waals surface area contributed by atoms with Crippen LogP contribution in [-0.2, 0) is 16.4 Å². The van der Waals surface area contributed by atoms with E-state index in [4.69, 9.17) is 9.47 Å². The lowest BCUT2D eigenvalue weighted by molar-refractivity contribution is 0.0953. The Morgan fingerprint density at radius 1 is 1.03 bits per heavy atom. The van der Waals surface area contributed by atoms with Gasteiger partial charge in [0.1, 0.15) is 0 Å². The molecule has 2 rings (SSSR count). The van der Waals surface area contributed by atoms with Gasteiger partial charge in [-0.1, -0.05) is 6.07 Å². The molecule has 0 heterocycles. The summed E-state index contributed by atoms with van der Waals surface area (Å²) in [7, 11) is -0.141. The number of carbonyl (C=O) groups excluding carboxylic acids is 1. The molecular weight excluding hydrogens is 392 g/mol. The van der Waals surface area contributed by atoms with Gasteiger partial charge in [0.05, 0.1) is 26.2 Å². The fourth-order valence-electron chi connectivity index (χ4n) is 3.02. The molecule has 0 radical (unpaired) electrons. The van der Waals surface area contributed by atoms with Crippen molar-refractivity contribution in [3.8, 4) is 11.5 Å². The summed E-state index contributed by atoms with van der Waals surface area (Å²) < 4.78 is 35.4. The number of benzene rings is 2. The molecule has 2 aromatic rings. The van der Waals surface area contributed by atoms with Crippen LogP contribution in [0.25, 0.3) is 0 Å². The standard InChI is InChI=1S/C21H28N2O5S/c1-5-23(29(4,25)26)18-11-9-17(10-12-18)21(24)22-14-6-7-16-8-13-19(27-2)20(15-16)28-3/h8-13,15H,5-7,14H2,1-4H3,(H,22,24). The number of carbonyl (C=O) groups is 1. The molecule has 7 nitrogen and oxygen atoms in total. The zero-order chi connectivity index (χ0) is 21.4. The van der Waals surface area contributed by atoms with Crippen molar-refractivity contribution in [2.24, 2.45) is 0 Å². The summed E-state index contributed by atoms with van der Waals surface area (Å²) in [6.45, 7) is 2.62. The van der Waals surface area contributed by atoms with Gasteiger partial charge in [-0.25, -0.2) is 8.42 Å². The number of hydrogen-bond acceptors (Lipinski definition) is 5. The van der Waals surface area contributed by atoms with Crippen LogP contribution in [0.2, 0.25) is 0 Å². The molecule has 1 N–H and O–H groups in total. The second-order valence-electron chi connectivity index (χ2n) is 6.52. The van der Waals surface area contributed by atoms with Crippen molar-refractivity contribution in [1.82, 2.24) is 5.32 Å². The maximum Gasteiger partial charge on any atom is 0.251 e. The smallest absolute Gasteiger partial charge is 0.251 e. The maximum atomic E-state index is 12.3. The molecule has 2 aromatic carbocycles. The molecule has 0 spiro atoms. The molecule has 0 aliphatic rings. The molecule has 0 aliphatic carbocycles. The summed E-state index contributed by atoms with van der Waals surface area (Å²) >= 11 is 0. The predicted molar refractivity (Wildman–Crippen MR) is 115 cm³/mol. The molecule has 0 aliphatic heterocycles. The Labute approximate surface area is 172 Å². The normalized spacial score (nSPS) is 11.0. The lowest BCUT2D eigenvalue weighted by Crippen LogP contribution is -2.29. The Morgan fingerprint density at radius 2 is 1.69 bits per heavy atom. The molecular formula is C21H28N2O5S. The van der Waals surface area contributed by atoms with E-state index < -0.39 is 10.0 Å². The third-order valence-electron chi connectivity index (χ3n) is 4.48. The summed E-state index contributed by atoms with van der Waals surface area (Å²) in [5.74, 6) is 1.18. The molecule has 158 valence electrons. The Hall–Kier alpha value is -2.74. The summed E-state index contributed by atoms with van der Waals surface area (Å²) in [6, 6.07) is 12.3. The number of nitrogens with zero attached hydrogens (tertiary/aromatic N) is 1. The highest BCUT2D eigenvalue weighted by Crippen LogP contribution is 2.27. The number of rotatable bonds is 10. The topological polar surface area (TPSA) is 84.9 Å². The second kappa shape index (κ2) is 10.2. The first kappa shape index (κ1) is 22.5. The Kier molecular flexibility index (Phi) is 7.90. The van der Waals surface area contributed by atoms with Gasteiger partial charge in [0.25, 0.3) is 5.91 Å². The number of aryl methyl sites for hydroxylation is 1. The Morgan fingerprint density at radius 3 is 2.24 bits per heavy atom. The third-order valence-corrected chi connectivity index (χ3v) is 5.75. The van der Waals surface area contributed by atoms with Gasteiger partial charge in [0, 0.05) is 18.7 Å². The molecule has 8 heteroatoms. The van der Waals surface area contributed by atoms with E-state index in [1.807, 2.05) is 18.2 Å². The van der Waals surface area contributed by atoms with Crippen LogP contribution in [0, 0.1) is 0 Å². The molecule has 29 heavy (non-hydrogen) atoms. The summed E-state index contributed by atoms with van der Waals surface area (Å²) in [5.41, 5.74) is 2.13. The van der Waals surface area contributed by atoms with E-state index in [0.717, 1.165) is 24.7 Å². The van der Waals surface area contributed by atoms with E-state index in [-0.39, 0.29) is 5.91 Å². The zero-order valence-electron chi connectivity index (χ0n) is 17.3. The lowest BCUT2D eigenvalue weighted by atomic mass is 10.1. The van der Waals surface area contributed by atoms with Crippen molar-refractivity contribution in [3.05, 3.63) is 53.6 Å². The summed E-state index contributed by atoms with van der Waals surface area (Å²) in [4.78, 5) is 12.3. The van der Waals surface area contributed by atoms with Gasteiger partial charge in [-0.15, -0.1) is 0 Å². The minimum Gasteiger partial charge on any atom is -0.493 e. The number of nitrogens with one attached hydrogen (secondary N) is 1. The molecule has 0 saturated heterocycles. The first-order valence-electron chi connectivity index (χ1n) is 9.37. The van der Waals surface area contributed by atoms with E-state index in [2.05, 4.69) is 5.32 Å². The van der Waals surface area contributed by atoms with Gasteiger partial charge in [-0.3, -0.25) is 9.10 Å². The SMILES string of the molecule is CCN(c1ccc(C(=O)NCCCc2ccc(OC)c(OC)c2)cc1)S(C)(=O)=O. The van der Waals surface area contributed by atoms with E-state index >= 15 is 0 Å². The highest BCUT2D eigenvalue weighted by Gasteiger charge is 2.15. The van der Waals surface area contributed by atoms with Crippen molar-refractivity contribution >= 4 is 21.6 Å². The van der Waals surface area contributed by atoms with Crippen molar-refractivity contribution in [3.63, 3.8) is 0 Å². The van der Waals surface area contributed by atoms with E-state index in [9.17, 15) is 13.2 Å². The Bertz CT molecular complexity index is 927. The quantitative estimate of drug-likeness (QED) is 0.598. The van der Waals surface area contributed by atoms with E-state index in [0.29, 0.717) is 35.8 Å². The fourth-order valence-corrected chi connectivity index (χ4v) is 3.99. The first-order chi connectivity index (χ1) is 13.8. The van der Waals surface area contributed by atoms with Gasteiger partial charge in [0.2, 0.25) is 10.0 Å². The van der Waals surface area contributed by atoms with Crippen LogP contribution in [-0.4, -0.2) is 47.9 Å². The van der Waals surface area contributed by atoms with Gasteiger partial charge in [-0.05, 0) is 61.7 Å². The van der Waals surface area contributed by atoms with Crippen molar-refractivity contribution in [1.29, 1.82) is 0 Å². The fraction of sp³-hybridized carbons (Fsp3) is 0.381. The Balaban J connectivity index is 1.88. The lowest BCUT2D eigenvalue weighted by Gasteiger charge is -2.20. The molecule has 0 aromatic heterocycles. The van der Waals surface area contributed by atoms with Crippen LogP contribution in [0.1, 0.15) is 29.3 Å². The number of methoxy groups -OCH3 is 2. The van der Waals surface area contributed by atoms with E-state index in [1.54, 1.807) is 45.4 Å². The average molecular weight is 421 g/mol. The largest absolute Gasteiger partial charge is 0.493 e. The predicted octanol–water partition coefficient (Wildman–Crippen LogP) is 2.85. The molecule has 0 atom stereocenters. The van der Waals surface area contributed by atoms with Crippen LogP contribution < -0.4 is 19.1 Å². The van der Waals surface area contributed by atoms with Crippen molar-refractivity contribution < 1.29 is 22.7 Å². The number of amides is 1. The summed E-state index contributed by atoms with van der Waals surface area (Å²) in [6.07, 6.45) is 2.73. The minimum atomic E-state index is -3.34. The number of hydrogen-bond donors (Lipinski definition) is 1. The molecule has 0 saturated carbocycles. The number of sulfonamides is 1.